The van der Waals surface area contributed by atoms with E-state index in [0.717, 1.165) is 29.5 Å². The number of fused-ring (bicyclic) bond motifs is 4. The lowest BCUT2D eigenvalue weighted by molar-refractivity contribution is 0.768. The number of hydrogen-bond donors (Lipinski definition) is 0. The van der Waals surface area contributed by atoms with E-state index in [1.165, 1.54) is 55.6 Å². The molecule has 0 saturated carbocycles. The van der Waals surface area contributed by atoms with Gasteiger partial charge in [0.2, 0.25) is 0 Å². The van der Waals surface area contributed by atoms with E-state index < -0.39 is 5.41 Å². The predicted octanol–water partition coefficient (Wildman–Crippen LogP) is 11.9. The van der Waals surface area contributed by atoms with Crippen molar-refractivity contribution in [2.75, 3.05) is 0 Å². The first-order valence-corrected chi connectivity index (χ1v) is 18.4. The monoisotopic (exact) mass is 677 g/mol. The highest BCUT2D eigenvalue weighted by Gasteiger charge is 2.47. The molecule has 0 atom stereocenters. The second-order valence-corrected chi connectivity index (χ2v) is 13.8. The summed E-state index contributed by atoms with van der Waals surface area (Å²) in [5, 5.41) is 0. The second-order valence-electron chi connectivity index (χ2n) is 13.8. The number of allylic oxidation sites excluding steroid dienone is 1. The average molecular weight is 678 g/mol. The summed E-state index contributed by atoms with van der Waals surface area (Å²) in [6.45, 7) is 0. The fourth-order valence-corrected chi connectivity index (χ4v) is 8.65. The van der Waals surface area contributed by atoms with Gasteiger partial charge in [-0.3, -0.25) is 0 Å². The molecule has 53 heavy (non-hydrogen) atoms. The highest BCUT2D eigenvalue weighted by Crippen LogP contribution is 2.59. The Kier molecular flexibility index (Phi) is 7.51. The van der Waals surface area contributed by atoms with E-state index in [1.807, 2.05) is 36.4 Å². The van der Waals surface area contributed by atoms with Crippen LogP contribution < -0.4 is 0 Å². The molecule has 3 heteroatoms. The summed E-state index contributed by atoms with van der Waals surface area (Å²) in [6, 6.07) is 62.9. The first-order chi connectivity index (χ1) is 26.3. The topological polar surface area (TPSA) is 38.7 Å². The van der Waals surface area contributed by atoms with Crippen molar-refractivity contribution in [3.05, 3.63) is 215 Å². The number of aromatic nitrogens is 3. The summed E-state index contributed by atoms with van der Waals surface area (Å²) in [7, 11) is 0. The maximum Gasteiger partial charge on any atom is 0.164 e. The minimum absolute atomic E-state index is 0.493. The number of nitrogens with zero attached hydrogens (tertiary/aromatic N) is 3. The largest absolute Gasteiger partial charge is 0.208 e. The number of rotatable bonds is 6. The smallest absolute Gasteiger partial charge is 0.164 e. The van der Waals surface area contributed by atoms with Crippen molar-refractivity contribution in [2.24, 2.45) is 0 Å². The van der Waals surface area contributed by atoms with Crippen LogP contribution in [0.1, 0.15) is 39.8 Å². The lowest BCUT2D eigenvalue weighted by atomic mass is 9.67. The Morgan fingerprint density at radius 2 is 0.925 bits per heavy atom. The van der Waals surface area contributed by atoms with Gasteiger partial charge in [0.05, 0.1) is 5.41 Å². The van der Waals surface area contributed by atoms with E-state index in [0.29, 0.717) is 17.5 Å². The van der Waals surface area contributed by atoms with E-state index in [4.69, 9.17) is 15.0 Å². The molecule has 0 N–H and O–H groups in total. The Morgan fingerprint density at radius 3 is 1.57 bits per heavy atom. The molecule has 0 spiro atoms. The lowest BCUT2D eigenvalue weighted by Gasteiger charge is -2.34. The highest BCUT2D eigenvalue weighted by molar-refractivity contribution is 6.00. The Balaban J connectivity index is 1.30. The van der Waals surface area contributed by atoms with Crippen molar-refractivity contribution in [2.45, 2.75) is 18.3 Å². The minimum Gasteiger partial charge on any atom is -0.208 e. The van der Waals surface area contributed by atoms with Gasteiger partial charge in [-0.25, -0.2) is 15.0 Å². The SMILES string of the molecule is C1=Cc2ccc(-c3nc(-c4ccccc4)nc(-c4ccccc4)n3)c(-c3cccc4c3-c3ccccc3C4(c3ccccc3)c3ccccc3)c2CC1. The third kappa shape index (κ3) is 5.00. The third-order valence-corrected chi connectivity index (χ3v) is 10.9. The van der Waals surface area contributed by atoms with Crippen LogP contribution in [0.2, 0.25) is 0 Å². The molecule has 7 aromatic carbocycles. The molecule has 2 aliphatic carbocycles. The average Bonchev–Trinajstić information content (AvgIpc) is 3.56. The van der Waals surface area contributed by atoms with Gasteiger partial charge in [0.1, 0.15) is 0 Å². The first-order valence-electron chi connectivity index (χ1n) is 18.4. The van der Waals surface area contributed by atoms with Gasteiger partial charge >= 0.3 is 0 Å². The van der Waals surface area contributed by atoms with Gasteiger partial charge in [0.25, 0.3) is 0 Å². The first kappa shape index (κ1) is 31.1. The molecule has 0 aliphatic heterocycles. The molecule has 0 unspecified atom stereocenters. The molecule has 1 heterocycles. The fraction of sp³-hybridized carbons (Fsp3) is 0.0600. The quantitative estimate of drug-likeness (QED) is 0.176. The molecule has 8 aromatic rings. The van der Waals surface area contributed by atoms with Crippen LogP contribution in [0, 0.1) is 0 Å². The van der Waals surface area contributed by atoms with Crippen molar-refractivity contribution < 1.29 is 0 Å². The van der Waals surface area contributed by atoms with Crippen LogP contribution in [0.3, 0.4) is 0 Å². The summed E-state index contributed by atoms with van der Waals surface area (Å²) >= 11 is 0. The van der Waals surface area contributed by atoms with Gasteiger partial charge in [-0.15, -0.1) is 0 Å². The minimum atomic E-state index is -0.493. The molecule has 0 fully saturated rings. The number of hydrogen-bond acceptors (Lipinski definition) is 3. The Bertz CT molecular complexity index is 2550. The molecule has 3 nitrogen and oxygen atoms in total. The standard InChI is InChI=1S/C50H35N3/c1-5-19-35(20-6-1)47-51-48(36-21-7-2-8-22-36)53-49(52-47)42-33-32-34-18-13-14-27-39(34)45(42)41-29-17-31-44-46(41)40-28-15-16-30-43(40)50(44,37-23-9-3-10-24-37)38-25-11-4-12-26-38/h1-13,15-26,28-33H,14,27H2. The summed E-state index contributed by atoms with van der Waals surface area (Å²) in [5.41, 5.74) is 15.0. The zero-order valence-corrected chi connectivity index (χ0v) is 29.2. The Morgan fingerprint density at radius 1 is 0.396 bits per heavy atom. The van der Waals surface area contributed by atoms with Gasteiger partial charge in [0, 0.05) is 16.7 Å². The predicted molar refractivity (Wildman–Crippen MR) is 216 cm³/mol. The molecule has 250 valence electrons. The van der Waals surface area contributed by atoms with Gasteiger partial charge in [-0.05, 0) is 74.5 Å². The molecule has 0 amide bonds. The second kappa shape index (κ2) is 12.8. The van der Waals surface area contributed by atoms with Crippen LogP contribution in [-0.4, -0.2) is 15.0 Å². The van der Waals surface area contributed by atoms with E-state index in [9.17, 15) is 0 Å². The summed E-state index contributed by atoms with van der Waals surface area (Å²) < 4.78 is 0. The van der Waals surface area contributed by atoms with Crippen LogP contribution in [0.25, 0.3) is 62.5 Å². The summed E-state index contributed by atoms with van der Waals surface area (Å²) in [6.07, 6.45) is 6.48. The maximum atomic E-state index is 5.26. The molecule has 10 rings (SSSR count). The van der Waals surface area contributed by atoms with E-state index in [1.54, 1.807) is 0 Å². The zero-order valence-electron chi connectivity index (χ0n) is 29.2. The van der Waals surface area contributed by atoms with Crippen LogP contribution in [0.4, 0.5) is 0 Å². The van der Waals surface area contributed by atoms with Crippen molar-refractivity contribution in [1.82, 2.24) is 15.0 Å². The third-order valence-electron chi connectivity index (χ3n) is 10.9. The zero-order chi connectivity index (χ0) is 35.2. The molecular formula is C50H35N3. The van der Waals surface area contributed by atoms with E-state index in [-0.39, 0.29) is 0 Å². The molecular weight excluding hydrogens is 643 g/mol. The lowest BCUT2D eigenvalue weighted by Crippen LogP contribution is -2.28. The fourth-order valence-electron chi connectivity index (χ4n) is 8.65. The van der Waals surface area contributed by atoms with Crippen molar-refractivity contribution in [3.8, 4) is 56.4 Å². The van der Waals surface area contributed by atoms with Gasteiger partial charge < -0.3 is 0 Å². The van der Waals surface area contributed by atoms with Crippen molar-refractivity contribution in [3.63, 3.8) is 0 Å². The van der Waals surface area contributed by atoms with Gasteiger partial charge in [-0.1, -0.05) is 182 Å². The summed E-state index contributed by atoms with van der Waals surface area (Å²) in [5.74, 6) is 1.99. The molecule has 2 aliphatic rings. The molecule has 1 aromatic heterocycles. The van der Waals surface area contributed by atoms with Crippen LogP contribution in [0.5, 0.6) is 0 Å². The molecule has 0 saturated heterocycles. The van der Waals surface area contributed by atoms with Gasteiger partial charge in [0.15, 0.2) is 17.5 Å². The van der Waals surface area contributed by atoms with E-state index in [2.05, 4.69) is 152 Å². The number of benzene rings is 7. The normalized spacial score (nSPS) is 13.6. The molecule has 0 bridgehead atoms. The van der Waals surface area contributed by atoms with Crippen molar-refractivity contribution >= 4 is 6.08 Å². The highest BCUT2D eigenvalue weighted by atomic mass is 15.0. The van der Waals surface area contributed by atoms with Crippen LogP contribution in [0.15, 0.2) is 182 Å². The molecule has 0 radical (unpaired) electrons. The van der Waals surface area contributed by atoms with Gasteiger partial charge in [-0.2, -0.15) is 0 Å². The Hall–Kier alpha value is -6.71. The maximum absolute atomic E-state index is 5.26. The van der Waals surface area contributed by atoms with Crippen LogP contribution in [-0.2, 0) is 11.8 Å². The summed E-state index contributed by atoms with van der Waals surface area (Å²) in [4.78, 5) is 15.5. The van der Waals surface area contributed by atoms with E-state index >= 15 is 0 Å². The Labute approximate surface area is 310 Å². The van der Waals surface area contributed by atoms with Crippen molar-refractivity contribution in [1.29, 1.82) is 0 Å². The van der Waals surface area contributed by atoms with Crippen LogP contribution >= 0.6 is 0 Å².